The van der Waals surface area contributed by atoms with Crippen molar-refractivity contribution in [1.29, 1.82) is 0 Å². The minimum atomic E-state index is 0.782. The summed E-state index contributed by atoms with van der Waals surface area (Å²) in [4.78, 5) is 13.5. The predicted octanol–water partition coefficient (Wildman–Crippen LogP) is 5.83. The summed E-state index contributed by atoms with van der Waals surface area (Å²) in [5.74, 6) is 2.63. The van der Waals surface area contributed by atoms with E-state index in [0.717, 1.165) is 23.8 Å². The van der Waals surface area contributed by atoms with Crippen LogP contribution in [0.3, 0.4) is 0 Å². The molecule has 0 spiro atoms. The molecule has 2 heterocycles. The lowest BCUT2D eigenvalue weighted by atomic mass is 9.89. The van der Waals surface area contributed by atoms with E-state index in [4.69, 9.17) is 4.79 Å². The third kappa shape index (κ3) is 5.37. The fraction of sp³-hybridized carbons (Fsp3) is 0.690. The van der Waals surface area contributed by atoms with E-state index in [2.05, 4.69) is 47.9 Å². The Kier molecular flexibility index (Phi) is 8.23. The molecular weight excluding hydrogens is 392 g/mol. The van der Waals surface area contributed by atoms with Crippen LogP contribution in [0.2, 0.25) is 0 Å². The Morgan fingerprint density at radius 2 is 1.72 bits per heavy atom. The maximum Gasteiger partial charge on any atom is 0.106 e. The summed E-state index contributed by atoms with van der Waals surface area (Å²) >= 11 is 0. The van der Waals surface area contributed by atoms with E-state index >= 15 is 0 Å². The Labute approximate surface area is 196 Å². The molecule has 3 heteroatoms. The molecule has 1 saturated carbocycles. The van der Waals surface area contributed by atoms with E-state index < -0.39 is 0 Å². The normalized spacial score (nSPS) is 29.2. The molecule has 0 N–H and O–H groups in total. The third-order valence-electron chi connectivity index (χ3n) is 8.80. The Bertz CT molecular complexity index is 764. The van der Waals surface area contributed by atoms with Gasteiger partial charge in [-0.25, -0.2) is 0 Å². The molecule has 2 saturated heterocycles. The Morgan fingerprint density at radius 1 is 0.969 bits per heavy atom. The molecule has 0 aromatic heterocycles. The maximum atomic E-state index is 8.00. The highest BCUT2D eigenvalue weighted by molar-refractivity contribution is 5.73. The number of rotatable bonds is 6. The first-order chi connectivity index (χ1) is 15.7. The van der Waals surface area contributed by atoms with E-state index in [1.807, 2.05) is 6.79 Å². The molecule has 2 aliphatic heterocycles. The second kappa shape index (κ2) is 11.1. The van der Waals surface area contributed by atoms with Gasteiger partial charge in [0.1, 0.15) is 6.79 Å². The quantitative estimate of drug-likeness (QED) is 0.560. The van der Waals surface area contributed by atoms with Gasteiger partial charge in [0.25, 0.3) is 0 Å². The number of carbonyl (C=O) groups is 1. The molecule has 0 bridgehead atoms. The number of hydrogen-bond donors (Lipinski definition) is 0. The largest absolute Gasteiger partial charge is 0.307 e. The molecule has 176 valence electrons. The minimum Gasteiger partial charge on any atom is -0.307 e. The van der Waals surface area contributed by atoms with Gasteiger partial charge in [-0.1, -0.05) is 49.1 Å². The Balaban J connectivity index is 0.00000119. The molecule has 1 aromatic carbocycles. The summed E-state index contributed by atoms with van der Waals surface area (Å²) in [5.41, 5.74) is 6.39. The molecule has 3 nitrogen and oxygen atoms in total. The number of fused-ring (bicyclic) bond motifs is 1. The van der Waals surface area contributed by atoms with Gasteiger partial charge >= 0.3 is 0 Å². The van der Waals surface area contributed by atoms with Crippen molar-refractivity contribution in [3.05, 3.63) is 41.0 Å². The van der Waals surface area contributed by atoms with Crippen molar-refractivity contribution < 1.29 is 4.79 Å². The smallest absolute Gasteiger partial charge is 0.106 e. The second-order valence-corrected chi connectivity index (χ2v) is 11.0. The van der Waals surface area contributed by atoms with E-state index in [9.17, 15) is 0 Å². The zero-order chi connectivity index (χ0) is 22.5. The summed E-state index contributed by atoms with van der Waals surface area (Å²) in [6, 6.07) is 10.5. The van der Waals surface area contributed by atoms with Crippen LogP contribution in [0.25, 0.3) is 5.57 Å². The standard InChI is InChI=1S/C28H42N2.CH2O/c1-21-17-26-19-29(18-24-8-4-3-5-9-24)20-27(26)28(21)25-12-10-23(11-13-25)14-16-30-15-6-7-22(30)2;1-2/h10-13,22,24,26-27H,3-9,14-20H2,1-2H3;1H2. The van der Waals surface area contributed by atoms with Crippen LogP contribution < -0.4 is 0 Å². The monoisotopic (exact) mass is 436 g/mol. The molecule has 3 unspecified atom stereocenters. The average Bonchev–Trinajstić information content (AvgIpc) is 3.48. The minimum absolute atomic E-state index is 0.782. The molecule has 0 amide bonds. The molecule has 32 heavy (non-hydrogen) atoms. The highest BCUT2D eigenvalue weighted by atomic mass is 16.1. The fourth-order valence-electron chi connectivity index (χ4n) is 7.11. The van der Waals surface area contributed by atoms with Crippen LogP contribution in [0.5, 0.6) is 0 Å². The molecule has 4 aliphatic rings. The lowest BCUT2D eigenvalue weighted by Gasteiger charge is -2.27. The predicted molar refractivity (Wildman–Crippen MR) is 135 cm³/mol. The molecule has 5 rings (SSSR count). The van der Waals surface area contributed by atoms with Gasteiger partial charge in [-0.3, -0.25) is 0 Å². The topological polar surface area (TPSA) is 23.6 Å². The highest BCUT2D eigenvalue weighted by Gasteiger charge is 2.41. The zero-order valence-corrected chi connectivity index (χ0v) is 20.5. The van der Waals surface area contributed by atoms with Crippen LogP contribution in [0.1, 0.15) is 76.3 Å². The van der Waals surface area contributed by atoms with Crippen molar-refractivity contribution >= 4 is 12.4 Å². The fourth-order valence-corrected chi connectivity index (χ4v) is 7.11. The molecule has 1 aromatic rings. The van der Waals surface area contributed by atoms with Crippen LogP contribution in [0.4, 0.5) is 0 Å². The maximum absolute atomic E-state index is 8.00. The number of carbonyl (C=O) groups excluding carboxylic acids is 1. The van der Waals surface area contributed by atoms with Gasteiger partial charge in [-0.15, -0.1) is 0 Å². The molecule has 3 fully saturated rings. The van der Waals surface area contributed by atoms with Gasteiger partial charge in [0, 0.05) is 38.1 Å². The van der Waals surface area contributed by atoms with Crippen molar-refractivity contribution in [2.75, 3.05) is 32.7 Å². The van der Waals surface area contributed by atoms with Crippen LogP contribution >= 0.6 is 0 Å². The number of allylic oxidation sites excluding steroid dienone is 1. The van der Waals surface area contributed by atoms with Gasteiger partial charge in [0.05, 0.1) is 0 Å². The summed E-state index contributed by atoms with van der Waals surface area (Å²) in [7, 11) is 0. The Hall–Kier alpha value is -1.45. The van der Waals surface area contributed by atoms with E-state index in [1.165, 1.54) is 102 Å². The number of benzene rings is 1. The van der Waals surface area contributed by atoms with E-state index in [0.29, 0.717) is 0 Å². The first-order valence-electron chi connectivity index (χ1n) is 13.2. The number of nitrogens with zero attached hydrogens (tertiary/aromatic N) is 2. The molecule has 2 aliphatic carbocycles. The van der Waals surface area contributed by atoms with Crippen LogP contribution in [-0.2, 0) is 11.2 Å². The van der Waals surface area contributed by atoms with E-state index in [1.54, 1.807) is 11.1 Å². The second-order valence-electron chi connectivity index (χ2n) is 11.0. The Morgan fingerprint density at radius 3 is 2.41 bits per heavy atom. The number of hydrogen-bond acceptors (Lipinski definition) is 3. The van der Waals surface area contributed by atoms with Gasteiger partial charge in [0.15, 0.2) is 0 Å². The lowest BCUT2D eigenvalue weighted by molar-refractivity contribution is -0.0979. The van der Waals surface area contributed by atoms with Crippen molar-refractivity contribution in [2.45, 2.75) is 77.7 Å². The summed E-state index contributed by atoms with van der Waals surface area (Å²) < 4.78 is 0. The summed E-state index contributed by atoms with van der Waals surface area (Å²) in [6.45, 7) is 13.3. The summed E-state index contributed by atoms with van der Waals surface area (Å²) in [6.07, 6.45) is 12.7. The van der Waals surface area contributed by atoms with Crippen LogP contribution in [-0.4, -0.2) is 55.4 Å². The van der Waals surface area contributed by atoms with Crippen molar-refractivity contribution in [3.63, 3.8) is 0 Å². The van der Waals surface area contributed by atoms with Gasteiger partial charge in [-0.05, 0) is 87.5 Å². The van der Waals surface area contributed by atoms with Crippen molar-refractivity contribution in [3.8, 4) is 0 Å². The lowest BCUT2D eigenvalue weighted by Crippen LogP contribution is -2.29. The third-order valence-corrected chi connectivity index (χ3v) is 8.80. The van der Waals surface area contributed by atoms with E-state index in [-0.39, 0.29) is 0 Å². The first kappa shape index (κ1) is 23.7. The molecule has 0 radical (unpaired) electrons. The SMILES string of the molecule is C=O.CC1=C(c2ccc(CCN3CCCC3C)cc2)C2CN(CC3CCCCC3)CC2C1. The van der Waals surface area contributed by atoms with Gasteiger partial charge < -0.3 is 14.6 Å². The van der Waals surface area contributed by atoms with Gasteiger partial charge in [-0.2, -0.15) is 0 Å². The van der Waals surface area contributed by atoms with Gasteiger partial charge in [0.2, 0.25) is 0 Å². The van der Waals surface area contributed by atoms with Crippen molar-refractivity contribution in [2.24, 2.45) is 17.8 Å². The average molecular weight is 437 g/mol. The number of likely N-dealkylation sites (tertiary alicyclic amines) is 2. The zero-order valence-electron chi connectivity index (χ0n) is 20.5. The van der Waals surface area contributed by atoms with Crippen molar-refractivity contribution in [1.82, 2.24) is 9.80 Å². The summed E-state index contributed by atoms with van der Waals surface area (Å²) in [5, 5.41) is 0. The van der Waals surface area contributed by atoms with Crippen LogP contribution in [0, 0.1) is 17.8 Å². The molecule has 3 atom stereocenters. The first-order valence-corrected chi connectivity index (χ1v) is 13.2. The highest BCUT2D eigenvalue weighted by Crippen LogP contribution is 2.47. The molecular formula is C29H44N2O. The van der Waals surface area contributed by atoms with Crippen LogP contribution in [0.15, 0.2) is 29.8 Å².